The van der Waals surface area contributed by atoms with Crippen LogP contribution in [0.2, 0.25) is 0 Å². The Morgan fingerprint density at radius 3 is 3.05 bits per heavy atom. The fourth-order valence-corrected chi connectivity index (χ4v) is 2.34. The molecule has 0 saturated carbocycles. The van der Waals surface area contributed by atoms with Crippen LogP contribution in [0.3, 0.4) is 0 Å². The molecule has 96 valence electrons. The molecule has 0 amide bonds. The number of aryl methyl sites for hydroxylation is 1. The molecule has 6 heteroatoms. The van der Waals surface area contributed by atoms with Crippen molar-refractivity contribution in [1.29, 1.82) is 0 Å². The Balaban J connectivity index is 1.85. The lowest BCUT2D eigenvalue weighted by Crippen LogP contribution is -2.05. The number of hydrogen-bond acceptors (Lipinski definition) is 5. The fraction of sp³-hybridized carbons (Fsp3) is 0.154. The molecule has 0 spiro atoms. The number of rotatable bonds is 4. The summed E-state index contributed by atoms with van der Waals surface area (Å²) in [5, 5.41) is 9.70. The molecule has 3 heterocycles. The van der Waals surface area contributed by atoms with Crippen molar-refractivity contribution in [3.63, 3.8) is 0 Å². The van der Waals surface area contributed by atoms with Gasteiger partial charge in [0, 0.05) is 17.8 Å². The predicted molar refractivity (Wildman–Crippen MR) is 75.5 cm³/mol. The van der Waals surface area contributed by atoms with Gasteiger partial charge in [-0.3, -0.25) is 4.98 Å². The molecule has 1 N–H and O–H groups in total. The van der Waals surface area contributed by atoms with Crippen LogP contribution in [0, 0.1) is 6.92 Å². The minimum Gasteiger partial charge on any atom is -0.376 e. The second kappa shape index (κ2) is 5.19. The summed E-state index contributed by atoms with van der Waals surface area (Å²) in [7, 11) is 0. The molecule has 0 aliphatic rings. The van der Waals surface area contributed by atoms with Gasteiger partial charge in [-0.1, -0.05) is 0 Å². The van der Waals surface area contributed by atoms with Crippen LogP contribution in [0.1, 0.15) is 11.3 Å². The van der Waals surface area contributed by atoms with Gasteiger partial charge in [0.25, 0.3) is 0 Å². The molecule has 3 aromatic rings. The van der Waals surface area contributed by atoms with Gasteiger partial charge in [-0.2, -0.15) is 5.10 Å². The van der Waals surface area contributed by atoms with Crippen molar-refractivity contribution in [3.05, 3.63) is 53.0 Å². The second-order valence-electron chi connectivity index (χ2n) is 4.19. The van der Waals surface area contributed by atoms with Gasteiger partial charge in [0.15, 0.2) is 0 Å². The Kier molecular flexibility index (Phi) is 3.24. The van der Waals surface area contributed by atoms with E-state index in [1.165, 1.54) is 0 Å². The van der Waals surface area contributed by atoms with E-state index in [9.17, 15) is 0 Å². The monoisotopic (exact) mass is 271 g/mol. The largest absolute Gasteiger partial charge is 0.376 e. The summed E-state index contributed by atoms with van der Waals surface area (Å²) < 4.78 is 1.85. The Hall–Kier alpha value is -2.21. The minimum absolute atomic E-state index is 0.683. The summed E-state index contributed by atoms with van der Waals surface area (Å²) in [6, 6.07) is 1.94. The van der Waals surface area contributed by atoms with E-state index < -0.39 is 0 Å². The van der Waals surface area contributed by atoms with E-state index >= 15 is 0 Å². The van der Waals surface area contributed by atoms with Crippen LogP contribution in [0.5, 0.6) is 0 Å². The van der Waals surface area contributed by atoms with Crippen molar-refractivity contribution in [2.24, 2.45) is 0 Å². The Labute approximate surface area is 115 Å². The molecule has 0 atom stereocenters. The van der Waals surface area contributed by atoms with Crippen molar-refractivity contribution in [3.8, 4) is 5.69 Å². The third-order valence-electron chi connectivity index (χ3n) is 2.70. The van der Waals surface area contributed by atoms with Gasteiger partial charge >= 0.3 is 0 Å². The van der Waals surface area contributed by atoms with Crippen molar-refractivity contribution < 1.29 is 0 Å². The molecule has 0 bridgehead atoms. The SMILES string of the molecule is Cc1cnn(-c2ccncc2NCc2cscn2)c1. The van der Waals surface area contributed by atoms with Crippen molar-refractivity contribution in [2.75, 3.05) is 5.32 Å². The first-order valence-corrected chi connectivity index (χ1v) is 6.84. The van der Waals surface area contributed by atoms with Crippen LogP contribution >= 0.6 is 11.3 Å². The molecule has 0 radical (unpaired) electrons. The van der Waals surface area contributed by atoms with Crippen LogP contribution in [-0.2, 0) is 6.54 Å². The average molecular weight is 271 g/mol. The first-order chi connectivity index (χ1) is 9.33. The van der Waals surface area contributed by atoms with Gasteiger partial charge < -0.3 is 5.32 Å². The minimum atomic E-state index is 0.683. The van der Waals surface area contributed by atoms with E-state index in [0.717, 1.165) is 22.6 Å². The summed E-state index contributed by atoms with van der Waals surface area (Å²) in [5.41, 5.74) is 5.91. The van der Waals surface area contributed by atoms with Crippen LogP contribution in [0.25, 0.3) is 5.69 Å². The maximum Gasteiger partial charge on any atom is 0.0908 e. The zero-order chi connectivity index (χ0) is 13.1. The van der Waals surface area contributed by atoms with Gasteiger partial charge in [0.05, 0.1) is 41.5 Å². The molecule has 3 aromatic heterocycles. The van der Waals surface area contributed by atoms with Crippen molar-refractivity contribution >= 4 is 17.0 Å². The molecule has 0 aromatic carbocycles. The first kappa shape index (κ1) is 11.9. The Morgan fingerprint density at radius 2 is 2.32 bits per heavy atom. The number of thiazole rings is 1. The van der Waals surface area contributed by atoms with E-state index in [-0.39, 0.29) is 0 Å². The fourth-order valence-electron chi connectivity index (χ4n) is 1.78. The number of nitrogens with zero attached hydrogens (tertiary/aromatic N) is 4. The second-order valence-corrected chi connectivity index (χ2v) is 4.91. The Morgan fingerprint density at radius 1 is 1.37 bits per heavy atom. The lowest BCUT2D eigenvalue weighted by atomic mass is 10.3. The number of anilines is 1. The van der Waals surface area contributed by atoms with E-state index in [4.69, 9.17) is 0 Å². The molecule has 5 nitrogen and oxygen atoms in total. The molecule has 0 unspecified atom stereocenters. The summed E-state index contributed by atoms with van der Waals surface area (Å²) in [5.74, 6) is 0. The lowest BCUT2D eigenvalue weighted by Gasteiger charge is -2.10. The predicted octanol–water partition coefficient (Wildman–Crippen LogP) is 2.64. The van der Waals surface area contributed by atoms with Gasteiger partial charge in [-0.25, -0.2) is 9.67 Å². The van der Waals surface area contributed by atoms with Crippen LogP contribution < -0.4 is 5.32 Å². The topological polar surface area (TPSA) is 55.6 Å². The number of nitrogens with one attached hydrogen (secondary N) is 1. The van der Waals surface area contributed by atoms with Gasteiger partial charge in [0.2, 0.25) is 0 Å². The highest BCUT2D eigenvalue weighted by Crippen LogP contribution is 2.19. The number of pyridine rings is 1. The quantitative estimate of drug-likeness (QED) is 0.792. The van der Waals surface area contributed by atoms with Crippen LogP contribution in [0.4, 0.5) is 5.69 Å². The third kappa shape index (κ3) is 2.63. The summed E-state index contributed by atoms with van der Waals surface area (Å²) in [6.45, 7) is 2.70. The zero-order valence-corrected chi connectivity index (χ0v) is 11.3. The van der Waals surface area contributed by atoms with E-state index in [1.54, 1.807) is 23.7 Å². The molecular formula is C13H13N5S. The van der Waals surface area contributed by atoms with Crippen LogP contribution in [0.15, 0.2) is 41.7 Å². The third-order valence-corrected chi connectivity index (χ3v) is 3.34. The summed E-state index contributed by atoms with van der Waals surface area (Å²) in [4.78, 5) is 8.41. The van der Waals surface area contributed by atoms with Gasteiger partial charge in [-0.05, 0) is 18.6 Å². The number of hydrogen-bond donors (Lipinski definition) is 1. The van der Waals surface area contributed by atoms with E-state index in [0.29, 0.717) is 6.54 Å². The molecule has 0 saturated heterocycles. The molecule has 0 aliphatic heterocycles. The highest BCUT2D eigenvalue weighted by atomic mass is 32.1. The molecule has 0 aliphatic carbocycles. The maximum absolute atomic E-state index is 4.33. The molecular weight excluding hydrogens is 258 g/mol. The van der Waals surface area contributed by atoms with Crippen molar-refractivity contribution in [1.82, 2.24) is 19.7 Å². The molecule has 0 fully saturated rings. The standard InChI is InChI=1S/C13H13N5S/c1-10-4-17-18(7-10)13-2-3-14-6-12(13)15-5-11-8-19-9-16-11/h2-4,6-9,15H,5H2,1H3. The summed E-state index contributed by atoms with van der Waals surface area (Å²) >= 11 is 1.59. The average Bonchev–Trinajstić information content (AvgIpc) is 3.08. The van der Waals surface area contributed by atoms with Crippen LogP contribution in [-0.4, -0.2) is 19.7 Å². The first-order valence-electron chi connectivity index (χ1n) is 5.89. The van der Waals surface area contributed by atoms with Gasteiger partial charge in [-0.15, -0.1) is 11.3 Å². The number of aromatic nitrogens is 4. The highest BCUT2D eigenvalue weighted by Gasteiger charge is 2.06. The lowest BCUT2D eigenvalue weighted by molar-refractivity contribution is 0.875. The molecule has 3 rings (SSSR count). The van der Waals surface area contributed by atoms with Crippen molar-refractivity contribution in [2.45, 2.75) is 13.5 Å². The van der Waals surface area contributed by atoms with E-state index in [2.05, 4.69) is 20.4 Å². The highest BCUT2D eigenvalue weighted by molar-refractivity contribution is 7.07. The van der Waals surface area contributed by atoms with Gasteiger partial charge in [0.1, 0.15) is 0 Å². The van der Waals surface area contributed by atoms with E-state index in [1.807, 2.05) is 41.0 Å². The maximum atomic E-state index is 4.33. The smallest absolute Gasteiger partial charge is 0.0908 e. The molecule has 19 heavy (non-hydrogen) atoms. The Bertz CT molecular complexity index is 659. The normalized spacial score (nSPS) is 10.6. The zero-order valence-electron chi connectivity index (χ0n) is 10.4. The summed E-state index contributed by atoms with van der Waals surface area (Å²) in [6.07, 6.45) is 7.40.